The van der Waals surface area contributed by atoms with Gasteiger partial charge in [-0.25, -0.2) is 8.42 Å². The molecule has 0 fully saturated rings. The largest absolute Gasteiger partial charge is 0.495 e. The molecule has 0 saturated heterocycles. The third-order valence-electron chi connectivity index (χ3n) is 5.74. The number of benzene rings is 2. The maximum absolute atomic E-state index is 13.7. The Morgan fingerprint density at radius 1 is 1.03 bits per heavy atom. The van der Waals surface area contributed by atoms with Gasteiger partial charge in [0.15, 0.2) is 0 Å². The van der Waals surface area contributed by atoms with E-state index in [1.165, 1.54) is 24.1 Å². The van der Waals surface area contributed by atoms with Crippen LogP contribution in [-0.4, -0.2) is 57.1 Å². The molecule has 0 saturated carbocycles. The molecule has 1 N–H and O–H groups in total. The van der Waals surface area contributed by atoms with E-state index in [-0.39, 0.29) is 35.0 Å². The quantitative estimate of drug-likeness (QED) is 0.414. The van der Waals surface area contributed by atoms with Gasteiger partial charge in [0, 0.05) is 22.6 Å². The smallest absolute Gasteiger partial charge is 0.244 e. The van der Waals surface area contributed by atoms with Gasteiger partial charge in [-0.3, -0.25) is 13.9 Å². The molecule has 36 heavy (non-hydrogen) atoms. The van der Waals surface area contributed by atoms with E-state index in [1.54, 1.807) is 37.3 Å². The minimum absolute atomic E-state index is 0.0812. The highest BCUT2D eigenvalue weighted by Gasteiger charge is 2.33. The van der Waals surface area contributed by atoms with E-state index < -0.39 is 28.5 Å². The molecule has 0 aromatic heterocycles. The van der Waals surface area contributed by atoms with Crippen LogP contribution >= 0.6 is 23.2 Å². The molecule has 2 aromatic carbocycles. The molecule has 8 nitrogen and oxygen atoms in total. The minimum atomic E-state index is -3.92. The van der Waals surface area contributed by atoms with Crippen LogP contribution in [0.1, 0.15) is 39.2 Å². The molecule has 0 bridgehead atoms. The second kappa shape index (κ2) is 13.2. The van der Waals surface area contributed by atoms with Crippen LogP contribution in [0.15, 0.2) is 42.5 Å². The van der Waals surface area contributed by atoms with Crippen molar-refractivity contribution in [3.8, 4) is 5.75 Å². The third-order valence-corrected chi connectivity index (χ3v) is 7.36. The number of ether oxygens (including phenoxy) is 1. The predicted molar refractivity (Wildman–Crippen MR) is 144 cm³/mol. The molecular formula is C25H33Cl2N3O5S. The lowest BCUT2D eigenvalue weighted by atomic mass is 10.1. The maximum Gasteiger partial charge on any atom is 0.244 e. The molecule has 0 aliphatic heterocycles. The number of anilines is 1. The van der Waals surface area contributed by atoms with Crippen molar-refractivity contribution < 1.29 is 22.7 Å². The van der Waals surface area contributed by atoms with Crippen LogP contribution in [0.3, 0.4) is 0 Å². The standard InChI is InChI=1S/C25H33Cl2N3O5S/c1-6-17(3)28-25(32)21(7-2)29(15-18-8-10-19(26)11-9-18)24(31)16-30(36(5,33)34)22-14-20(27)12-13-23(22)35-4/h8-14,17,21H,6-7,15-16H2,1-5H3,(H,28,32). The molecule has 0 aliphatic carbocycles. The Bertz CT molecular complexity index is 1160. The molecule has 2 amide bonds. The van der Waals surface area contributed by atoms with Gasteiger partial charge in [0.05, 0.1) is 19.1 Å². The summed E-state index contributed by atoms with van der Waals surface area (Å²) in [5, 5.41) is 3.75. The van der Waals surface area contributed by atoms with Crippen molar-refractivity contribution in [1.82, 2.24) is 10.2 Å². The summed E-state index contributed by atoms with van der Waals surface area (Å²) in [6.07, 6.45) is 2.06. The Hall–Kier alpha value is -2.49. The lowest BCUT2D eigenvalue weighted by Gasteiger charge is -2.33. The first kappa shape index (κ1) is 29.7. The van der Waals surface area contributed by atoms with E-state index in [4.69, 9.17) is 27.9 Å². The number of methoxy groups -OCH3 is 1. The second-order valence-corrected chi connectivity index (χ2v) is 11.3. The Balaban J connectivity index is 2.50. The van der Waals surface area contributed by atoms with Crippen LogP contribution < -0.4 is 14.4 Å². The van der Waals surface area contributed by atoms with Gasteiger partial charge in [-0.15, -0.1) is 0 Å². The summed E-state index contributed by atoms with van der Waals surface area (Å²) in [5.74, 6) is -0.618. The van der Waals surface area contributed by atoms with Crippen molar-refractivity contribution in [2.75, 3.05) is 24.2 Å². The van der Waals surface area contributed by atoms with Crippen molar-refractivity contribution >= 4 is 50.7 Å². The molecule has 11 heteroatoms. The Morgan fingerprint density at radius 3 is 2.17 bits per heavy atom. The number of halogens is 2. The molecule has 2 aromatic rings. The number of nitrogens with one attached hydrogen (secondary N) is 1. The van der Waals surface area contributed by atoms with Crippen LogP contribution in [-0.2, 0) is 26.2 Å². The molecule has 0 heterocycles. The predicted octanol–water partition coefficient (Wildman–Crippen LogP) is 4.49. The van der Waals surface area contributed by atoms with Gasteiger partial charge in [0.25, 0.3) is 0 Å². The summed E-state index contributed by atoms with van der Waals surface area (Å²) in [7, 11) is -2.52. The Labute approximate surface area is 223 Å². The molecule has 0 aliphatic rings. The van der Waals surface area contributed by atoms with Gasteiger partial charge in [-0.1, -0.05) is 49.2 Å². The summed E-state index contributed by atoms with van der Waals surface area (Å²) in [5.41, 5.74) is 0.873. The zero-order valence-electron chi connectivity index (χ0n) is 21.1. The topological polar surface area (TPSA) is 96.0 Å². The molecule has 0 spiro atoms. The fourth-order valence-electron chi connectivity index (χ4n) is 3.60. The van der Waals surface area contributed by atoms with Gasteiger partial charge in [-0.05, 0) is 55.7 Å². The average molecular weight is 559 g/mol. The molecule has 0 radical (unpaired) electrons. The molecule has 2 rings (SSSR count). The van der Waals surface area contributed by atoms with Crippen molar-refractivity contribution in [3.63, 3.8) is 0 Å². The lowest BCUT2D eigenvalue weighted by molar-refractivity contribution is -0.140. The van der Waals surface area contributed by atoms with Crippen LogP contribution in [0.4, 0.5) is 5.69 Å². The number of nitrogens with zero attached hydrogens (tertiary/aromatic N) is 2. The summed E-state index contributed by atoms with van der Waals surface area (Å²) < 4.78 is 31.8. The van der Waals surface area contributed by atoms with E-state index in [0.717, 1.165) is 22.5 Å². The number of amides is 2. The first-order valence-corrected chi connectivity index (χ1v) is 14.2. The number of rotatable bonds is 12. The molecule has 198 valence electrons. The van der Waals surface area contributed by atoms with E-state index >= 15 is 0 Å². The van der Waals surface area contributed by atoms with Crippen molar-refractivity contribution in [1.29, 1.82) is 0 Å². The van der Waals surface area contributed by atoms with Gasteiger partial charge in [0.1, 0.15) is 18.3 Å². The summed E-state index contributed by atoms with van der Waals surface area (Å²) in [4.78, 5) is 28.3. The van der Waals surface area contributed by atoms with Crippen molar-refractivity contribution in [2.24, 2.45) is 0 Å². The van der Waals surface area contributed by atoms with Crippen LogP contribution in [0.25, 0.3) is 0 Å². The van der Waals surface area contributed by atoms with Crippen LogP contribution in [0, 0.1) is 0 Å². The van der Waals surface area contributed by atoms with E-state index in [1.807, 2.05) is 13.8 Å². The highest BCUT2D eigenvalue weighted by molar-refractivity contribution is 7.92. The van der Waals surface area contributed by atoms with Gasteiger partial charge in [0.2, 0.25) is 21.8 Å². The van der Waals surface area contributed by atoms with Crippen LogP contribution in [0.5, 0.6) is 5.75 Å². The fraction of sp³-hybridized carbons (Fsp3) is 0.440. The number of carbonyl (C=O) groups excluding carboxylic acids is 2. The summed E-state index contributed by atoms with van der Waals surface area (Å²) in [6, 6.07) is 10.5. The maximum atomic E-state index is 13.7. The first-order chi connectivity index (χ1) is 16.9. The van der Waals surface area contributed by atoms with Gasteiger partial charge in [-0.2, -0.15) is 0 Å². The number of carbonyl (C=O) groups is 2. The second-order valence-electron chi connectivity index (χ2n) is 8.48. The van der Waals surface area contributed by atoms with Gasteiger partial charge < -0.3 is 15.0 Å². The zero-order chi connectivity index (χ0) is 27.0. The SMILES string of the molecule is CCC(C)NC(=O)C(CC)N(Cc1ccc(Cl)cc1)C(=O)CN(c1cc(Cl)ccc1OC)S(C)(=O)=O. The minimum Gasteiger partial charge on any atom is -0.495 e. The van der Waals surface area contributed by atoms with E-state index in [2.05, 4.69) is 5.32 Å². The molecule has 2 atom stereocenters. The highest BCUT2D eigenvalue weighted by Crippen LogP contribution is 2.33. The fourth-order valence-corrected chi connectivity index (χ4v) is 4.74. The Morgan fingerprint density at radius 2 is 1.64 bits per heavy atom. The monoisotopic (exact) mass is 557 g/mol. The third kappa shape index (κ3) is 8.01. The van der Waals surface area contributed by atoms with Crippen molar-refractivity contribution in [3.05, 3.63) is 58.1 Å². The average Bonchev–Trinajstić information content (AvgIpc) is 2.82. The molecule has 2 unspecified atom stereocenters. The van der Waals surface area contributed by atoms with Crippen molar-refractivity contribution in [2.45, 2.75) is 52.2 Å². The van der Waals surface area contributed by atoms with E-state index in [0.29, 0.717) is 11.4 Å². The summed E-state index contributed by atoms with van der Waals surface area (Å²) >= 11 is 12.1. The normalized spacial score (nSPS) is 13.0. The number of hydrogen-bond acceptors (Lipinski definition) is 5. The molecular weight excluding hydrogens is 525 g/mol. The van der Waals surface area contributed by atoms with Gasteiger partial charge >= 0.3 is 0 Å². The number of sulfonamides is 1. The summed E-state index contributed by atoms with van der Waals surface area (Å²) in [6.45, 7) is 5.18. The lowest BCUT2D eigenvalue weighted by Crippen LogP contribution is -2.53. The zero-order valence-corrected chi connectivity index (χ0v) is 23.5. The highest BCUT2D eigenvalue weighted by atomic mass is 35.5. The number of hydrogen-bond donors (Lipinski definition) is 1. The van der Waals surface area contributed by atoms with Crippen LogP contribution in [0.2, 0.25) is 10.0 Å². The van der Waals surface area contributed by atoms with E-state index in [9.17, 15) is 18.0 Å². The Kier molecular flexibility index (Phi) is 10.9. The first-order valence-electron chi connectivity index (χ1n) is 11.6.